The van der Waals surface area contributed by atoms with Crippen molar-refractivity contribution in [2.24, 2.45) is 0 Å². The summed E-state index contributed by atoms with van der Waals surface area (Å²) in [6.07, 6.45) is 3.68. The first-order valence-electron chi connectivity index (χ1n) is 8.98. The molecule has 1 aliphatic carbocycles. The van der Waals surface area contributed by atoms with Crippen LogP contribution in [0.3, 0.4) is 0 Å². The van der Waals surface area contributed by atoms with E-state index >= 15 is 0 Å². The van der Waals surface area contributed by atoms with E-state index in [4.69, 9.17) is 5.73 Å². The summed E-state index contributed by atoms with van der Waals surface area (Å²) in [5, 5.41) is 0.786. The molecule has 1 saturated carbocycles. The Labute approximate surface area is 152 Å². The molecule has 0 saturated heterocycles. The number of benzene rings is 2. The van der Waals surface area contributed by atoms with E-state index in [1.165, 1.54) is 24.8 Å². The SMILES string of the molecule is CN(Cc1ccccc1)C(=O)c1nc(N)nc2ccc(C3CCC3)cc12. The number of carbonyl (C=O) groups excluding carboxylic acids is 1. The molecular weight excluding hydrogens is 324 g/mol. The fraction of sp³-hybridized carbons (Fsp3) is 0.286. The summed E-state index contributed by atoms with van der Waals surface area (Å²) in [6, 6.07) is 16.0. The maximum absolute atomic E-state index is 13.1. The number of nitrogens with zero attached hydrogens (tertiary/aromatic N) is 3. The van der Waals surface area contributed by atoms with E-state index in [0.29, 0.717) is 18.2 Å². The number of rotatable bonds is 4. The van der Waals surface area contributed by atoms with Gasteiger partial charge < -0.3 is 10.6 Å². The third-order valence-corrected chi connectivity index (χ3v) is 5.13. The second-order valence-corrected chi connectivity index (χ2v) is 6.98. The van der Waals surface area contributed by atoms with Crippen LogP contribution < -0.4 is 5.73 Å². The van der Waals surface area contributed by atoms with E-state index in [1.807, 2.05) is 36.4 Å². The normalized spacial score (nSPS) is 14.2. The second kappa shape index (κ2) is 6.75. The second-order valence-electron chi connectivity index (χ2n) is 6.98. The molecular formula is C21H22N4O. The summed E-state index contributed by atoms with van der Waals surface area (Å²) in [5.41, 5.74) is 9.29. The van der Waals surface area contributed by atoms with Crippen LogP contribution in [-0.2, 0) is 6.54 Å². The monoisotopic (exact) mass is 346 g/mol. The Morgan fingerprint density at radius 1 is 1.15 bits per heavy atom. The van der Waals surface area contributed by atoms with Gasteiger partial charge in [0.15, 0.2) is 0 Å². The van der Waals surface area contributed by atoms with Crippen molar-refractivity contribution in [1.82, 2.24) is 14.9 Å². The Bertz CT molecular complexity index is 951. The van der Waals surface area contributed by atoms with Crippen molar-refractivity contribution in [3.8, 4) is 0 Å². The summed E-state index contributed by atoms with van der Waals surface area (Å²) in [7, 11) is 1.79. The highest BCUT2D eigenvalue weighted by atomic mass is 16.2. The zero-order valence-electron chi connectivity index (χ0n) is 14.9. The molecule has 3 aromatic rings. The smallest absolute Gasteiger partial charge is 0.273 e. The van der Waals surface area contributed by atoms with Gasteiger partial charge in [-0.25, -0.2) is 9.97 Å². The minimum Gasteiger partial charge on any atom is -0.368 e. The van der Waals surface area contributed by atoms with Crippen LogP contribution in [0.25, 0.3) is 10.9 Å². The first-order valence-corrected chi connectivity index (χ1v) is 8.98. The molecule has 0 radical (unpaired) electrons. The van der Waals surface area contributed by atoms with Gasteiger partial charge in [0.1, 0.15) is 5.69 Å². The molecule has 132 valence electrons. The molecule has 2 N–H and O–H groups in total. The molecule has 0 unspecified atom stereocenters. The first-order chi connectivity index (χ1) is 12.6. The van der Waals surface area contributed by atoms with Crippen LogP contribution in [0.4, 0.5) is 5.95 Å². The van der Waals surface area contributed by atoms with Crippen LogP contribution in [0.1, 0.15) is 46.8 Å². The molecule has 2 aromatic carbocycles. The highest BCUT2D eigenvalue weighted by Gasteiger charge is 2.23. The summed E-state index contributed by atoms with van der Waals surface area (Å²) < 4.78 is 0. The van der Waals surface area contributed by atoms with Gasteiger partial charge in [0.05, 0.1) is 5.52 Å². The summed E-state index contributed by atoms with van der Waals surface area (Å²) in [4.78, 5) is 23.3. The van der Waals surface area contributed by atoms with E-state index in [-0.39, 0.29) is 11.9 Å². The molecule has 0 bridgehead atoms. The number of nitrogens with two attached hydrogens (primary N) is 1. The first kappa shape index (κ1) is 16.5. The van der Waals surface area contributed by atoms with E-state index in [0.717, 1.165) is 16.5 Å². The van der Waals surface area contributed by atoms with Crippen molar-refractivity contribution in [3.05, 3.63) is 65.4 Å². The Balaban J connectivity index is 1.70. The lowest BCUT2D eigenvalue weighted by molar-refractivity contribution is 0.0781. The summed E-state index contributed by atoms with van der Waals surface area (Å²) >= 11 is 0. The molecule has 1 amide bonds. The van der Waals surface area contributed by atoms with Crippen LogP contribution in [0, 0.1) is 0 Å². The Hall–Kier alpha value is -2.95. The van der Waals surface area contributed by atoms with Gasteiger partial charge in [-0.3, -0.25) is 4.79 Å². The van der Waals surface area contributed by atoms with E-state index in [9.17, 15) is 4.79 Å². The number of fused-ring (bicyclic) bond motifs is 1. The number of carbonyl (C=O) groups is 1. The molecule has 1 heterocycles. The number of amides is 1. The Morgan fingerprint density at radius 2 is 1.92 bits per heavy atom. The standard InChI is InChI=1S/C21H22N4O/c1-25(13-14-6-3-2-4-7-14)20(26)19-17-12-16(15-8-5-9-15)10-11-18(17)23-21(22)24-19/h2-4,6-7,10-12,15H,5,8-9,13H2,1H3,(H2,22,23,24). The lowest BCUT2D eigenvalue weighted by atomic mass is 9.80. The predicted octanol–water partition coefficient (Wildman–Crippen LogP) is 3.75. The number of hydrogen-bond donors (Lipinski definition) is 1. The van der Waals surface area contributed by atoms with Gasteiger partial charge in [-0.05, 0) is 42.0 Å². The van der Waals surface area contributed by atoms with Gasteiger partial charge in [-0.15, -0.1) is 0 Å². The van der Waals surface area contributed by atoms with Crippen molar-refractivity contribution in [2.75, 3.05) is 12.8 Å². The number of hydrogen-bond acceptors (Lipinski definition) is 4. The van der Waals surface area contributed by atoms with Gasteiger partial charge >= 0.3 is 0 Å². The fourth-order valence-electron chi connectivity index (χ4n) is 3.43. The highest BCUT2D eigenvalue weighted by molar-refractivity contribution is 6.04. The molecule has 0 atom stereocenters. The van der Waals surface area contributed by atoms with Crippen molar-refractivity contribution in [2.45, 2.75) is 31.7 Å². The molecule has 5 heteroatoms. The maximum Gasteiger partial charge on any atom is 0.273 e. The lowest BCUT2D eigenvalue weighted by Crippen LogP contribution is -2.27. The van der Waals surface area contributed by atoms with Crippen LogP contribution in [-0.4, -0.2) is 27.8 Å². The van der Waals surface area contributed by atoms with E-state index < -0.39 is 0 Å². The molecule has 4 rings (SSSR count). The molecule has 26 heavy (non-hydrogen) atoms. The molecule has 5 nitrogen and oxygen atoms in total. The topological polar surface area (TPSA) is 72.1 Å². The van der Waals surface area contributed by atoms with Crippen molar-refractivity contribution in [1.29, 1.82) is 0 Å². The Morgan fingerprint density at radius 3 is 2.62 bits per heavy atom. The summed E-state index contributed by atoms with van der Waals surface area (Å²) in [5.74, 6) is 0.575. The average molecular weight is 346 g/mol. The number of aromatic nitrogens is 2. The zero-order chi connectivity index (χ0) is 18.1. The largest absolute Gasteiger partial charge is 0.368 e. The van der Waals surface area contributed by atoms with Gasteiger partial charge in [0, 0.05) is 19.0 Å². The van der Waals surface area contributed by atoms with Gasteiger partial charge in [-0.1, -0.05) is 42.8 Å². The van der Waals surface area contributed by atoms with Crippen molar-refractivity contribution < 1.29 is 4.79 Å². The third-order valence-electron chi connectivity index (χ3n) is 5.13. The fourth-order valence-corrected chi connectivity index (χ4v) is 3.43. The number of nitrogen functional groups attached to an aromatic ring is 1. The van der Waals surface area contributed by atoms with Gasteiger partial charge in [-0.2, -0.15) is 0 Å². The third kappa shape index (κ3) is 3.12. The molecule has 1 fully saturated rings. The van der Waals surface area contributed by atoms with Crippen LogP contribution in [0.15, 0.2) is 48.5 Å². The van der Waals surface area contributed by atoms with Crippen LogP contribution in [0.5, 0.6) is 0 Å². The molecule has 1 aliphatic rings. The van der Waals surface area contributed by atoms with E-state index in [2.05, 4.69) is 22.1 Å². The van der Waals surface area contributed by atoms with Crippen LogP contribution in [0.2, 0.25) is 0 Å². The average Bonchev–Trinajstić information content (AvgIpc) is 2.60. The Kier molecular flexibility index (Phi) is 4.29. The summed E-state index contributed by atoms with van der Waals surface area (Å²) in [6.45, 7) is 0.521. The molecule has 1 aromatic heterocycles. The van der Waals surface area contributed by atoms with Crippen molar-refractivity contribution in [3.63, 3.8) is 0 Å². The van der Waals surface area contributed by atoms with Crippen LogP contribution >= 0.6 is 0 Å². The van der Waals surface area contributed by atoms with E-state index in [1.54, 1.807) is 11.9 Å². The predicted molar refractivity (Wildman–Crippen MR) is 103 cm³/mol. The minimum absolute atomic E-state index is 0.130. The quantitative estimate of drug-likeness (QED) is 0.781. The molecule has 0 aliphatic heterocycles. The van der Waals surface area contributed by atoms with Gasteiger partial charge in [0.2, 0.25) is 5.95 Å². The zero-order valence-corrected chi connectivity index (χ0v) is 14.9. The molecule has 0 spiro atoms. The minimum atomic E-state index is -0.140. The maximum atomic E-state index is 13.1. The lowest BCUT2D eigenvalue weighted by Gasteiger charge is -2.26. The number of anilines is 1. The van der Waals surface area contributed by atoms with Crippen molar-refractivity contribution >= 4 is 22.8 Å². The van der Waals surface area contributed by atoms with Gasteiger partial charge in [0.25, 0.3) is 5.91 Å². The highest BCUT2D eigenvalue weighted by Crippen LogP contribution is 2.37.